The highest BCUT2D eigenvalue weighted by atomic mass is 79.9. The van der Waals surface area contributed by atoms with Crippen molar-refractivity contribution in [3.63, 3.8) is 0 Å². The lowest BCUT2D eigenvalue weighted by atomic mass is 10.1. The van der Waals surface area contributed by atoms with Crippen LogP contribution < -0.4 is 5.73 Å². The first-order valence-electron chi connectivity index (χ1n) is 5.36. The van der Waals surface area contributed by atoms with E-state index in [0.29, 0.717) is 17.8 Å². The number of benzene rings is 1. The van der Waals surface area contributed by atoms with E-state index in [9.17, 15) is 4.79 Å². The fraction of sp³-hybridized carbons (Fsp3) is 0.167. The molecular weight excluding hydrogens is 296 g/mol. The van der Waals surface area contributed by atoms with Crippen molar-refractivity contribution in [2.24, 2.45) is 0 Å². The molecule has 1 aromatic carbocycles. The molecule has 0 spiro atoms. The van der Waals surface area contributed by atoms with Crippen LogP contribution in [0.25, 0.3) is 0 Å². The van der Waals surface area contributed by atoms with Crippen molar-refractivity contribution < 1.29 is 4.79 Å². The first-order valence-corrected chi connectivity index (χ1v) is 6.15. The first-order chi connectivity index (χ1) is 8.58. The molecule has 0 radical (unpaired) electrons. The summed E-state index contributed by atoms with van der Waals surface area (Å²) in [5, 5.41) is 6.56. The molecule has 0 saturated carbocycles. The van der Waals surface area contributed by atoms with Crippen LogP contribution in [0.5, 0.6) is 0 Å². The number of nitrogens with two attached hydrogens (primary N) is 1. The number of nitrogen functional groups attached to an aromatic ring is 1. The molecule has 3 N–H and O–H groups in total. The van der Waals surface area contributed by atoms with Crippen molar-refractivity contribution in [3.05, 3.63) is 46.2 Å². The standard InChI is InChI=1S/C12H13BrN4O/c1-17(7-8-5-15-16-6-8)12(18)10-3-2-9(13)4-11(10)14/h2-6H,7,14H2,1H3,(H,15,16). The molecule has 18 heavy (non-hydrogen) atoms. The molecule has 2 aromatic rings. The van der Waals surface area contributed by atoms with Crippen LogP contribution in [0, 0.1) is 0 Å². The van der Waals surface area contributed by atoms with E-state index in [0.717, 1.165) is 10.0 Å². The molecule has 0 saturated heterocycles. The number of aromatic amines is 1. The van der Waals surface area contributed by atoms with Gasteiger partial charge >= 0.3 is 0 Å². The normalized spacial score (nSPS) is 10.3. The van der Waals surface area contributed by atoms with Gasteiger partial charge in [-0.05, 0) is 18.2 Å². The quantitative estimate of drug-likeness (QED) is 0.852. The van der Waals surface area contributed by atoms with Crippen LogP contribution in [0.15, 0.2) is 35.1 Å². The number of anilines is 1. The number of hydrogen-bond donors (Lipinski definition) is 2. The van der Waals surface area contributed by atoms with Gasteiger partial charge in [0.2, 0.25) is 0 Å². The summed E-state index contributed by atoms with van der Waals surface area (Å²) >= 11 is 3.31. The summed E-state index contributed by atoms with van der Waals surface area (Å²) in [6, 6.07) is 5.24. The van der Waals surface area contributed by atoms with Crippen LogP contribution in [0.3, 0.4) is 0 Å². The second kappa shape index (κ2) is 5.22. The average molecular weight is 309 g/mol. The van der Waals surface area contributed by atoms with Gasteiger partial charge in [0.15, 0.2) is 0 Å². The number of nitrogens with zero attached hydrogens (tertiary/aromatic N) is 2. The molecule has 0 aliphatic rings. The molecular formula is C12H13BrN4O. The summed E-state index contributed by atoms with van der Waals surface area (Å²) in [4.78, 5) is 13.8. The maximum absolute atomic E-state index is 12.2. The summed E-state index contributed by atoms with van der Waals surface area (Å²) < 4.78 is 0.856. The summed E-state index contributed by atoms with van der Waals surface area (Å²) in [5.74, 6) is -0.110. The summed E-state index contributed by atoms with van der Waals surface area (Å²) in [6.45, 7) is 0.491. The lowest BCUT2D eigenvalue weighted by Crippen LogP contribution is -2.26. The number of hydrogen-bond acceptors (Lipinski definition) is 3. The predicted octanol–water partition coefficient (Wildman–Crippen LogP) is 2.03. The number of H-pyrrole nitrogens is 1. The molecule has 94 valence electrons. The zero-order valence-corrected chi connectivity index (χ0v) is 11.4. The number of nitrogens with one attached hydrogen (secondary N) is 1. The van der Waals surface area contributed by atoms with Crippen LogP contribution in [0.4, 0.5) is 5.69 Å². The number of rotatable bonds is 3. The van der Waals surface area contributed by atoms with Crippen LogP contribution >= 0.6 is 15.9 Å². The van der Waals surface area contributed by atoms with E-state index in [4.69, 9.17) is 5.73 Å². The molecule has 0 atom stereocenters. The van der Waals surface area contributed by atoms with Gasteiger partial charge in [-0.15, -0.1) is 0 Å². The Labute approximate surface area is 113 Å². The predicted molar refractivity (Wildman–Crippen MR) is 72.9 cm³/mol. The van der Waals surface area contributed by atoms with E-state index in [1.807, 2.05) is 0 Å². The molecule has 6 heteroatoms. The summed E-state index contributed by atoms with van der Waals surface area (Å²) in [6.07, 6.45) is 3.45. The number of halogens is 1. The van der Waals surface area contributed by atoms with Crippen LogP contribution in [0.2, 0.25) is 0 Å². The first kappa shape index (κ1) is 12.6. The Balaban J connectivity index is 2.15. The topological polar surface area (TPSA) is 75.0 Å². The third-order valence-electron chi connectivity index (χ3n) is 2.57. The highest BCUT2D eigenvalue weighted by Gasteiger charge is 2.15. The van der Waals surface area contributed by atoms with E-state index in [1.165, 1.54) is 0 Å². The lowest BCUT2D eigenvalue weighted by molar-refractivity contribution is 0.0786. The minimum absolute atomic E-state index is 0.110. The molecule has 0 unspecified atom stereocenters. The van der Waals surface area contributed by atoms with Gasteiger partial charge in [-0.2, -0.15) is 5.10 Å². The van der Waals surface area contributed by atoms with Crippen LogP contribution in [0.1, 0.15) is 15.9 Å². The van der Waals surface area contributed by atoms with Crippen molar-refractivity contribution in [3.8, 4) is 0 Å². The third-order valence-corrected chi connectivity index (χ3v) is 3.06. The Bertz CT molecular complexity index is 553. The monoisotopic (exact) mass is 308 g/mol. The zero-order chi connectivity index (χ0) is 13.1. The Morgan fingerprint density at radius 3 is 2.94 bits per heavy atom. The summed E-state index contributed by atoms with van der Waals surface area (Å²) in [7, 11) is 1.73. The molecule has 0 aliphatic heterocycles. The van der Waals surface area contributed by atoms with Gasteiger partial charge < -0.3 is 10.6 Å². The van der Waals surface area contributed by atoms with Crippen molar-refractivity contribution in [2.75, 3.05) is 12.8 Å². The molecule has 1 aromatic heterocycles. The maximum Gasteiger partial charge on any atom is 0.255 e. The van der Waals surface area contributed by atoms with Crippen LogP contribution in [-0.2, 0) is 6.54 Å². The Hall–Kier alpha value is -1.82. The van der Waals surface area contributed by atoms with Crippen LogP contribution in [-0.4, -0.2) is 28.1 Å². The Kier molecular flexibility index (Phi) is 3.66. The molecule has 0 aliphatic carbocycles. The number of amides is 1. The van der Waals surface area contributed by atoms with Gasteiger partial charge in [0.1, 0.15) is 0 Å². The van der Waals surface area contributed by atoms with Gasteiger partial charge in [0, 0.05) is 35.5 Å². The second-order valence-corrected chi connectivity index (χ2v) is 4.92. The highest BCUT2D eigenvalue weighted by molar-refractivity contribution is 9.10. The lowest BCUT2D eigenvalue weighted by Gasteiger charge is -2.17. The summed E-state index contributed by atoms with van der Waals surface area (Å²) in [5.41, 5.74) is 7.75. The Morgan fingerprint density at radius 1 is 1.56 bits per heavy atom. The number of carbonyl (C=O) groups is 1. The average Bonchev–Trinajstić information content (AvgIpc) is 2.81. The van der Waals surface area contributed by atoms with Gasteiger partial charge in [0.05, 0.1) is 11.8 Å². The molecule has 0 bridgehead atoms. The molecule has 0 fully saturated rings. The van der Waals surface area contributed by atoms with E-state index in [1.54, 1.807) is 42.5 Å². The van der Waals surface area contributed by atoms with Gasteiger partial charge in [-0.3, -0.25) is 9.89 Å². The minimum Gasteiger partial charge on any atom is -0.398 e. The molecule has 2 rings (SSSR count). The van der Waals surface area contributed by atoms with Crippen molar-refractivity contribution >= 4 is 27.5 Å². The van der Waals surface area contributed by atoms with Gasteiger partial charge in [0.25, 0.3) is 5.91 Å². The van der Waals surface area contributed by atoms with E-state index < -0.39 is 0 Å². The SMILES string of the molecule is CN(Cc1cn[nH]c1)C(=O)c1ccc(Br)cc1N. The van der Waals surface area contributed by atoms with Gasteiger partial charge in [-0.25, -0.2) is 0 Å². The molecule has 1 heterocycles. The number of carbonyl (C=O) groups excluding carboxylic acids is 1. The Morgan fingerprint density at radius 2 is 2.33 bits per heavy atom. The van der Waals surface area contributed by atoms with E-state index in [2.05, 4.69) is 26.1 Å². The van der Waals surface area contributed by atoms with Crippen molar-refractivity contribution in [2.45, 2.75) is 6.54 Å². The fourth-order valence-electron chi connectivity index (χ4n) is 1.64. The van der Waals surface area contributed by atoms with Crippen molar-refractivity contribution in [1.82, 2.24) is 15.1 Å². The minimum atomic E-state index is -0.110. The highest BCUT2D eigenvalue weighted by Crippen LogP contribution is 2.20. The zero-order valence-electron chi connectivity index (χ0n) is 9.85. The molecule has 5 nitrogen and oxygen atoms in total. The van der Waals surface area contributed by atoms with Gasteiger partial charge in [-0.1, -0.05) is 15.9 Å². The third kappa shape index (κ3) is 2.70. The fourth-order valence-corrected chi connectivity index (χ4v) is 2.02. The largest absolute Gasteiger partial charge is 0.398 e. The van der Waals surface area contributed by atoms with E-state index >= 15 is 0 Å². The number of aromatic nitrogens is 2. The second-order valence-electron chi connectivity index (χ2n) is 4.00. The van der Waals surface area contributed by atoms with E-state index in [-0.39, 0.29) is 5.91 Å². The maximum atomic E-state index is 12.2. The molecule has 1 amide bonds. The smallest absolute Gasteiger partial charge is 0.255 e. The van der Waals surface area contributed by atoms with Crippen molar-refractivity contribution in [1.29, 1.82) is 0 Å².